The summed E-state index contributed by atoms with van der Waals surface area (Å²) in [5, 5.41) is 5.49. The summed E-state index contributed by atoms with van der Waals surface area (Å²) in [6, 6.07) is 10.5. The van der Waals surface area contributed by atoms with Crippen molar-refractivity contribution in [3.05, 3.63) is 59.4 Å². The number of benzene rings is 1. The topological polar surface area (TPSA) is 43.2 Å². The number of ether oxygens (including phenoxy) is 1. The molecule has 27 heavy (non-hydrogen) atoms. The van der Waals surface area contributed by atoms with E-state index < -0.39 is 0 Å². The summed E-state index contributed by atoms with van der Waals surface area (Å²) in [4.78, 5) is 8.50. The van der Waals surface area contributed by atoms with E-state index in [1.165, 1.54) is 23.3 Å². The fourth-order valence-electron chi connectivity index (χ4n) is 4.22. The van der Waals surface area contributed by atoms with Crippen molar-refractivity contribution in [3.63, 3.8) is 0 Å². The van der Waals surface area contributed by atoms with E-state index in [0.29, 0.717) is 12.0 Å². The van der Waals surface area contributed by atoms with Crippen LogP contribution >= 0.6 is 11.3 Å². The Balaban J connectivity index is 1.28. The van der Waals surface area contributed by atoms with Crippen molar-refractivity contribution in [2.75, 3.05) is 24.6 Å². The molecule has 3 aromatic rings. The number of piperidine rings is 1. The third-order valence-corrected chi connectivity index (χ3v) is 6.64. The van der Waals surface area contributed by atoms with Crippen molar-refractivity contribution in [2.24, 2.45) is 5.92 Å². The molecule has 2 atom stereocenters. The van der Waals surface area contributed by atoms with E-state index in [4.69, 9.17) is 9.72 Å². The minimum atomic E-state index is 0.472. The van der Waals surface area contributed by atoms with Gasteiger partial charge in [-0.05, 0) is 43.0 Å². The molecule has 5 rings (SSSR count). The Morgan fingerprint density at radius 3 is 3.15 bits per heavy atom. The maximum atomic E-state index is 5.94. The molecule has 2 saturated heterocycles. The van der Waals surface area contributed by atoms with Crippen LogP contribution in [0.1, 0.15) is 29.7 Å². The van der Waals surface area contributed by atoms with E-state index in [-0.39, 0.29) is 0 Å². The molecule has 2 unspecified atom stereocenters. The number of fused-ring (bicyclic) bond motifs is 1. The van der Waals surface area contributed by atoms with Crippen molar-refractivity contribution < 1.29 is 4.74 Å². The lowest BCUT2D eigenvalue weighted by Gasteiger charge is -2.40. The van der Waals surface area contributed by atoms with E-state index >= 15 is 0 Å². The van der Waals surface area contributed by atoms with Crippen molar-refractivity contribution in [1.29, 1.82) is 0 Å². The van der Waals surface area contributed by atoms with Gasteiger partial charge in [0, 0.05) is 55.5 Å². The monoisotopic (exact) mass is 380 g/mol. The zero-order valence-corrected chi connectivity index (χ0v) is 16.1. The minimum Gasteiger partial charge on any atom is -0.378 e. The fraction of sp³-hybridized carbons (Fsp3) is 0.429. The Morgan fingerprint density at radius 2 is 2.22 bits per heavy atom. The minimum absolute atomic E-state index is 0.472. The van der Waals surface area contributed by atoms with E-state index in [1.54, 1.807) is 0 Å². The lowest BCUT2D eigenvalue weighted by Crippen LogP contribution is -2.46. The second-order valence-corrected chi connectivity index (χ2v) is 8.55. The van der Waals surface area contributed by atoms with Gasteiger partial charge in [0.1, 0.15) is 0 Å². The zero-order chi connectivity index (χ0) is 18.1. The molecule has 5 nitrogen and oxygen atoms in total. The first kappa shape index (κ1) is 17.0. The molecule has 4 heterocycles. The van der Waals surface area contributed by atoms with Gasteiger partial charge < -0.3 is 9.64 Å². The van der Waals surface area contributed by atoms with Crippen molar-refractivity contribution in [2.45, 2.75) is 31.8 Å². The van der Waals surface area contributed by atoms with E-state index in [1.807, 2.05) is 40.7 Å². The van der Waals surface area contributed by atoms with Crippen LogP contribution in [0.5, 0.6) is 0 Å². The predicted molar refractivity (Wildman–Crippen MR) is 108 cm³/mol. The van der Waals surface area contributed by atoms with Gasteiger partial charge in [-0.2, -0.15) is 5.10 Å². The molecule has 0 N–H and O–H groups in total. The van der Waals surface area contributed by atoms with Gasteiger partial charge in [-0.25, -0.2) is 9.67 Å². The highest BCUT2D eigenvalue weighted by Crippen LogP contribution is 2.33. The summed E-state index contributed by atoms with van der Waals surface area (Å²) in [5.41, 5.74) is 2.39. The average Bonchev–Trinajstić information content (AvgIpc) is 3.40. The SMILES string of the molecule is c1cc(Cc2cnc(N3CCC4OCCCC4C3)s2)cc(-n2cccn2)c1. The molecule has 0 saturated carbocycles. The zero-order valence-electron chi connectivity index (χ0n) is 15.3. The van der Waals surface area contributed by atoms with Gasteiger partial charge in [0.05, 0.1) is 11.8 Å². The summed E-state index contributed by atoms with van der Waals surface area (Å²) >= 11 is 1.83. The van der Waals surface area contributed by atoms with Crippen LogP contribution in [0.4, 0.5) is 5.13 Å². The van der Waals surface area contributed by atoms with E-state index in [9.17, 15) is 0 Å². The Morgan fingerprint density at radius 1 is 1.22 bits per heavy atom. The molecule has 1 aromatic carbocycles. The summed E-state index contributed by atoms with van der Waals surface area (Å²) < 4.78 is 7.84. The van der Waals surface area contributed by atoms with Gasteiger partial charge >= 0.3 is 0 Å². The van der Waals surface area contributed by atoms with Crippen molar-refractivity contribution in [3.8, 4) is 5.69 Å². The molecule has 6 heteroatoms. The fourth-order valence-corrected chi connectivity index (χ4v) is 5.20. The normalized spacial score (nSPS) is 22.6. The smallest absolute Gasteiger partial charge is 0.185 e. The summed E-state index contributed by atoms with van der Waals surface area (Å²) in [5.74, 6) is 0.672. The van der Waals surface area contributed by atoms with Crippen LogP contribution < -0.4 is 4.90 Å². The highest BCUT2D eigenvalue weighted by molar-refractivity contribution is 7.15. The third-order valence-electron chi connectivity index (χ3n) is 5.59. The van der Waals surface area contributed by atoms with Gasteiger partial charge in [0.25, 0.3) is 0 Å². The first-order valence-electron chi connectivity index (χ1n) is 9.75. The first-order chi connectivity index (χ1) is 13.3. The van der Waals surface area contributed by atoms with Crippen LogP contribution in [-0.2, 0) is 11.2 Å². The summed E-state index contributed by atoms with van der Waals surface area (Å²) in [6.45, 7) is 3.09. The maximum Gasteiger partial charge on any atom is 0.185 e. The van der Waals surface area contributed by atoms with Gasteiger partial charge in [-0.1, -0.05) is 12.1 Å². The number of aromatic nitrogens is 3. The molecular weight excluding hydrogens is 356 g/mol. The molecule has 0 amide bonds. The third kappa shape index (κ3) is 3.64. The average molecular weight is 381 g/mol. The molecule has 2 aliphatic heterocycles. The lowest BCUT2D eigenvalue weighted by atomic mass is 9.89. The second-order valence-electron chi connectivity index (χ2n) is 7.45. The van der Waals surface area contributed by atoms with Crippen LogP contribution in [0, 0.1) is 5.92 Å². The Hall–Kier alpha value is -2.18. The van der Waals surface area contributed by atoms with E-state index in [2.05, 4.69) is 34.3 Å². The largest absolute Gasteiger partial charge is 0.378 e. The highest BCUT2D eigenvalue weighted by atomic mass is 32.1. The first-order valence-corrected chi connectivity index (χ1v) is 10.6. The van der Waals surface area contributed by atoms with Crippen LogP contribution in [0.2, 0.25) is 0 Å². The summed E-state index contributed by atoms with van der Waals surface area (Å²) in [6.07, 6.45) is 10.8. The number of hydrogen-bond donors (Lipinski definition) is 0. The molecule has 0 spiro atoms. The molecule has 2 aromatic heterocycles. The lowest BCUT2D eigenvalue weighted by molar-refractivity contribution is -0.0357. The number of rotatable bonds is 4. The molecule has 2 aliphatic rings. The maximum absolute atomic E-state index is 5.94. The Bertz CT molecular complexity index is 891. The van der Waals surface area contributed by atoms with Gasteiger partial charge in [-0.3, -0.25) is 0 Å². The predicted octanol–water partition coefficient (Wildman–Crippen LogP) is 3.92. The van der Waals surface area contributed by atoms with Crippen molar-refractivity contribution in [1.82, 2.24) is 14.8 Å². The highest BCUT2D eigenvalue weighted by Gasteiger charge is 2.32. The standard InChI is InChI=1S/C21H24N4OS/c1-4-16(12-18(6-1)25-9-3-8-23-25)13-19-14-22-21(27-19)24-10-7-20-17(15-24)5-2-11-26-20/h1,3-4,6,8-9,12,14,17,20H,2,5,7,10-11,13,15H2. The number of hydrogen-bond acceptors (Lipinski definition) is 5. The second kappa shape index (κ2) is 7.44. The quantitative estimate of drug-likeness (QED) is 0.688. The summed E-state index contributed by atoms with van der Waals surface area (Å²) in [7, 11) is 0. The molecule has 140 valence electrons. The van der Waals surface area contributed by atoms with Crippen LogP contribution in [-0.4, -0.2) is 40.6 Å². The van der Waals surface area contributed by atoms with Crippen molar-refractivity contribution >= 4 is 16.5 Å². The van der Waals surface area contributed by atoms with Crippen LogP contribution in [0.25, 0.3) is 5.69 Å². The number of anilines is 1. The van der Waals surface area contributed by atoms with Crippen LogP contribution in [0.3, 0.4) is 0 Å². The number of nitrogens with zero attached hydrogens (tertiary/aromatic N) is 4. The molecule has 0 radical (unpaired) electrons. The molecular formula is C21H24N4OS. The van der Waals surface area contributed by atoms with Gasteiger partial charge in [0.2, 0.25) is 0 Å². The van der Waals surface area contributed by atoms with Gasteiger partial charge in [0.15, 0.2) is 5.13 Å². The van der Waals surface area contributed by atoms with Gasteiger partial charge in [-0.15, -0.1) is 11.3 Å². The molecule has 0 aliphatic carbocycles. The molecule has 2 fully saturated rings. The van der Waals surface area contributed by atoms with E-state index in [0.717, 1.165) is 43.4 Å². The Labute approximate surface area is 163 Å². The van der Waals surface area contributed by atoms with Crippen LogP contribution in [0.15, 0.2) is 48.9 Å². The molecule has 0 bridgehead atoms. The Kier molecular flexibility index (Phi) is 4.67. The number of thiazole rings is 1.